The second-order valence-electron chi connectivity index (χ2n) is 3.84. The first-order valence-electron chi connectivity index (χ1n) is 6.01. The van der Waals surface area contributed by atoms with Crippen LogP contribution in [0.5, 0.6) is 5.75 Å². The van der Waals surface area contributed by atoms with Crippen molar-refractivity contribution in [1.82, 2.24) is 9.97 Å². The number of rotatable bonds is 4. The molecule has 0 saturated carbocycles. The Hall–Kier alpha value is -2.26. The highest BCUT2D eigenvalue weighted by molar-refractivity contribution is 7.98. The van der Waals surface area contributed by atoms with Gasteiger partial charge in [-0.15, -0.1) is 0 Å². The zero-order valence-electron chi connectivity index (χ0n) is 11.1. The highest BCUT2D eigenvalue weighted by Gasteiger charge is 2.16. The molecule has 6 heteroatoms. The molecule has 0 spiro atoms. The van der Waals surface area contributed by atoms with Crippen molar-refractivity contribution in [1.29, 1.82) is 5.26 Å². The molecule has 0 aliphatic heterocycles. The zero-order chi connectivity index (χ0) is 14.5. The van der Waals surface area contributed by atoms with E-state index >= 15 is 0 Å². The van der Waals surface area contributed by atoms with Crippen LogP contribution in [0.1, 0.15) is 12.5 Å². The maximum Gasteiger partial charge on any atom is 0.270 e. The number of H-pyrrole nitrogens is 1. The molecule has 0 aliphatic carbocycles. The van der Waals surface area contributed by atoms with Gasteiger partial charge in [0.15, 0.2) is 5.16 Å². The summed E-state index contributed by atoms with van der Waals surface area (Å²) in [5, 5.41) is 9.66. The van der Waals surface area contributed by atoms with Crippen molar-refractivity contribution in [2.75, 3.05) is 12.9 Å². The average molecular weight is 287 g/mol. The molecule has 1 N–H and O–H groups in total. The van der Waals surface area contributed by atoms with Gasteiger partial charge in [-0.3, -0.25) is 4.79 Å². The molecule has 0 bridgehead atoms. The lowest BCUT2D eigenvalue weighted by Gasteiger charge is -2.10. The minimum atomic E-state index is -0.437. The van der Waals surface area contributed by atoms with Crippen LogP contribution >= 0.6 is 11.8 Å². The summed E-state index contributed by atoms with van der Waals surface area (Å²) in [5.41, 5.74) is 0.556. The van der Waals surface area contributed by atoms with E-state index in [-0.39, 0.29) is 5.56 Å². The highest BCUT2D eigenvalue weighted by atomic mass is 32.2. The van der Waals surface area contributed by atoms with Crippen LogP contribution in [0, 0.1) is 11.3 Å². The first kappa shape index (κ1) is 14.2. The number of aromatic amines is 1. The Bertz CT molecular complexity index is 719. The van der Waals surface area contributed by atoms with Gasteiger partial charge in [0, 0.05) is 5.56 Å². The highest BCUT2D eigenvalue weighted by Crippen LogP contribution is 2.30. The van der Waals surface area contributed by atoms with Gasteiger partial charge >= 0.3 is 0 Å². The van der Waals surface area contributed by atoms with Gasteiger partial charge in [-0.05, 0) is 25.3 Å². The predicted molar refractivity (Wildman–Crippen MR) is 78.0 cm³/mol. The molecular weight excluding hydrogens is 274 g/mol. The average Bonchev–Trinajstić information content (AvgIpc) is 2.47. The molecular formula is C14H13N3O2S. The third-order valence-electron chi connectivity index (χ3n) is 2.64. The minimum Gasteiger partial charge on any atom is -0.493 e. The van der Waals surface area contributed by atoms with E-state index in [2.05, 4.69) is 9.97 Å². The summed E-state index contributed by atoms with van der Waals surface area (Å²) >= 11 is 1.31. The van der Waals surface area contributed by atoms with Crippen LogP contribution in [0.15, 0.2) is 34.2 Å². The first-order valence-corrected chi connectivity index (χ1v) is 7.24. The summed E-state index contributed by atoms with van der Waals surface area (Å²) in [6.45, 7) is 2.37. The number of aromatic nitrogens is 2. The molecule has 20 heavy (non-hydrogen) atoms. The maximum absolute atomic E-state index is 11.9. The fourth-order valence-corrected chi connectivity index (χ4v) is 2.17. The molecule has 0 saturated heterocycles. The van der Waals surface area contributed by atoms with Crippen LogP contribution in [0.2, 0.25) is 0 Å². The predicted octanol–water partition coefficient (Wildman–Crippen LogP) is 2.43. The summed E-state index contributed by atoms with van der Waals surface area (Å²) in [5.74, 6) is 0.608. The standard InChI is InChI=1S/C14H13N3O2S/c1-3-19-11-7-5-4-6-9(11)12-10(8-15)13(18)17-14(16-12)20-2/h4-7H,3H2,1-2H3,(H,16,17,18). The Morgan fingerprint density at radius 1 is 1.45 bits per heavy atom. The van der Waals surface area contributed by atoms with Crippen LogP contribution in [-0.4, -0.2) is 22.8 Å². The van der Waals surface area contributed by atoms with Gasteiger partial charge in [0.05, 0.1) is 6.61 Å². The number of ether oxygens (including phenoxy) is 1. The number of benzene rings is 1. The number of thioether (sulfide) groups is 1. The Morgan fingerprint density at radius 3 is 2.85 bits per heavy atom. The molecule has 0 atom stereocenters. The summed E-state index contributed by atoms with van der Waals surface area (Å²) in [6, 6.07) is 9.15. The fourth-order valence-electron chi connectivity index (χ4n) is 1.79. The van der Waals surface area contributed by atoms with Gasteiger partial charge in [-0.1, -0.05) is 23.9 Å². The van der Waals surface area contributed by atoms with E-state index in [1.807, 2.05) is 31.4 Å². The third-order valence-corrected chi connectivity index (χ3v) is 3.22. The number of nitrogens with zero attached hydrogens (tertiary/aromatic N) is 2. The van der Waals surface area contributed by atoms with Gasteiger partial charge in [-0.2, -0.15) is 5.26 Å². The molecule has 0 fully saturated rings. The van der Waals surface area contributed by atoms with Gasteiger partial charge in [0.25, 0.3) is 5.56 Å². The van der Waals surface area contributed by atoms with E-state index in [9.17, 15) is 10.1 Å². The number of hydrogen-bond donors (Lipinski definition) is 1. The normalized spacial score (nSPS) is 10.1. The molecule has 0 unspecified atom stereocenters. The topological polar surface area (TPSA) is 78.8 Å². The first-order chi connectivity index (χ1) is 9.71. The Balaban J connectivity index is 2.72. The molecule has 0 amide bonds. The number of nitriles is 1. The van der Waals surface area contributed by atoms with E-state index in [0.717, 1.165) is 0 Å². The minimum absolute atomic E-state index is 0.00467. The van der Waals surface area contributed by atoms with Gasteiger partial charge in [-0.25, -0.2) is 4.98 Å². The van der Waals surface area contributed by atoms with E-state index in [1.54, 1.807) is 12.1 Å². The molecule has 0 radical (unpaired) electrons. The van der Waals surface area contributed by atoms with Crippen molar-refractivity contribution in [2.45, 2.75) is 12.1 Å². The molecule has 2 rings (SSSR count). The summed E-state index contributed by atoms with van der Waals surface area (Å²) < 4.78 is 5.54. The van der Waals surface area contributed by atoms with Crippen molar-refractivity contribution in [3.63, 3.8) is 0 Å². The summed E-state index contributed by atoms with van der Waals surface area (Å²) in [6.07, 6.45) is 1.81. The zero-order valence-corrected chi connectivity index (χ0v) is 12.0. The lowest BCUT2D eigenvalue weighted by molar-refractivity contribution is 0.341. The SMILES string of the molecule is CCOc1ccccc1-c1nc(SC)[nH]c(=O)c1C#N. The van der Waals surface area contributed by atoms with Crippen LogP contribution in [0.4, 0.5) is 0 Å². The monoisotopic (exact) mass is 287 g/mol. The third kappa shape index (κ3) is 2.68. The van der Waals surface area contributed by atoms with E-state index in [1.165, 1.54) is 11.8 Å². The molecule has 1 heterocycles. The largest absolute Gasteiger partial charge is 0.493 e. The van der Waals surface area contributed by atoms with Gasteiger partial charge < -0.3 is 9.72 Å². The quantitative estimate of drug-likeness (QED) is 0.690. The molecule has 2 aromatic rings. The Morgan fingerprint density at radius 2 is 2.20 bits per heavy atom. The Kier molecular flexibility index (Phi) is 4.43. The maximum atomic E-state index is 11.9. The number of nitrogens with one attached hydrogen (secondary N) is 1. The lowest BCUT2D eigenvalue weighted by atomic mass is 10.1. The van der Waals surface area contributed by atoms with E-state index in [0.29, 0.717) is 28.8 Å². The van der Waals surface area contributed by atoms with Gasteiger partial charge in [0.1, 0.15) is 23.1 Å². The molecule has 1 aromatic heterocycles. The van der Waals surface area contributed by atoms with Crippen molar-refractivity contribution < 1.29 is 4.74 Å². The van der Waals surface area contributed by atoms with Crippen LogP contribution < -0.4 is 10.3 Å². The molecule has 5 nitrogen and oxygen atoms in total. The summed E-state index contributed by atoms with van der Waals surface area (Å²) in [4.78, 5) is 18.8. The second kappa shape index (κ2) is 6.26. The number of para-hydroxylation sites is 1. The van der Waals surface area contributed by atoms with Crippen LogP contribution in [0.3, 0.4) is 0 Å². The molecule has 0 aliphatic rings. The van der Waals surface area contributed by atoms with Crippen molar-refractivity contribution in [3.05, 3.63) is 40.2 Å². The van der Waals surface area contributed by atoms with Crippen molar-refractivity contribution in [3.8, 4) is 23.1 Å². The van der Waals surface area contributed by atoms with Crippen molar-refractivity contribution in [2.24, 2.45) is 0 Å². The second-order valence-corrected chi connectivity index (χ2v) is 4.63. The smallest absolute Gasteiger partial charge is 0.270 e. The lowest BCUT2D eigenvalue weighted by Crippen LogP contribution is -2.14. The molecule has 1 aromatic carbocycles. The molecule has 102 valence electrons. The summed E-state index contributed by atoms with van der Waals surface area (Å²) in [7, 11) is 0. The van der Waals surface area contributed by atoms with E-state index in [4.69, 9.17) is 4.74 Å². The van der Waals surface area contributed by atoms with E-state index < -0.39 is 5.56 Å². The van der Waals surface area contributed by atoms with Crippen LogP contribution in [0.25, 0.3) is 11.3 Å². The fraction of sp³-hybridized carbons (Fsp3) is 0.214. The Labute approximate surface area is 120 Å². The van der Waals surface area contributed by atoms with Gasteiger partial charge in [0.2, 0.25) is 0 Å². The van der Waals surface area contributed by atoms with Crippen LogP contribution in [-0.2, 0) is 0 Å². The van der Waals surface area contributed by atoms with Crippen molar-refractivity contribution >= 4 is 11.8 Å². The number of hydrogen-bond acceptors (Lipinski definition) is 5.